The summed E-state index contributed by atoms with van der Waals surface area (Å²) in [5.74, 6) is -0.670. The molecule has 1 fully saturated rings. The number of nitrogens with zero attached hydrogens (tertiary/aromatic N) is 3. The quantitative estimate of drug-likeness (QED) is 0.749. The highest BCUT2D eigenvalue weighted by atomic mass is 16.5. The molecule has 0 bridgehead atoms. The first-order valence-electron chi connectivity index (χ1n) is 9.41. The lowest BCUT2D eigenvalue weighted by Gasteiger charge is -2.26. The van der Waals surface area contributed by atoms with Crippen molar-refractivity contribution in [1.82, 2.24) is 10.2 Å². The van der Waals surface area contributed by atoms with Crippen LogP contribution in [-0.2, 0) is 20.9 Å². The Morgan fingerprint density at radius 3 is 2.77 bits per heavy atom. The van der Waals surface area contributed by atoms with E-state index in [0.717, 1.165) is 11.3 Å². The minimum atomic E-state index is -1.11. The van der Waals surface area contributed by atoms with Crippen LogP contribution in [0.1, 0.15) is 12.5 Å². The van der Waals surface area contributed by atoms with E-state index in [4.69, 9.17) is 9.84 Å². The molecule has 4 rings (SSSR count). The zero-order chi connectivity index (χ0) is 21.3. The van der Waals surface area contributed by atoms with Crippen LogP contribution in [0.5, 0.6) is 5.75 Å². The number of aliphatic imine (C=N–C) groups is 1. The number of anilines is 1. The number of rotatable bonds is 6. The predicted octanol–water partition coefficient (Wildman–Crippen LogP) is 1.50. The van der Waals surface area contributed by atoms with Crippen LogP contribution in [0.25, 0.3) is 0 Å². The van der Waals surface area contributed by atoms with Crippen molar-refractivity contribution in [2.45, 2.75) is 19.5 Å². The summed E-state index contributed by atoms with van der Waals surface area (Å²) >= 11 is 0. The minimum absolute atomic E-state index is 0.0944. The Hall–Kier alpha value is -3.88. The van der Waals surface area contributed by atoms with Crippen LogP contribution >= 0.6 is 0 Å². The maximum atomic E-state index is 12.6. The molecule has 1 saturated heterocycles. The number of carbonyl (C=O) groups is 3. The third-order valence-corrected chi connectivity index (χ3v) is 5.00. The van der Waals surface area contributed by atoms with Gasteiger partial charge in [0.1, 0.15) is 18.3 Å². The van der Waals surface area contributed by atoms with E-state index in [2.05, 4.69) is 10.3 Å². The molecule has 9 nitrogen and oxygen atoms in total. The number of hydrogen-bond acceptors (Lipinski definition) is 6. The molecule has 0 radical (unpaired) electrons. The summed E-state index contributed by atoms with van der Waals surface area (Å²) in [4.78, 5) is 43.2. The number of guanidine groups is 1. The smallest absolute Gasteiger partial charge is 0.323 e. The van der Waals surface area contributed by atoms with Crippen molar-refractivity contribution in [3.63, 3.8) is 0 Å². The summed E-state index contributed by atoms with van der Waals surface area (Å²) in [6, 6.07) is 13.5. The first-order chi connectivity index (χ1) is 14.4. The highest BCUT2D eigenvalue weighted by molar-refractivity contribution is 6.07. The van der Waals surface area contributed by atoms with Gasteiger partial charge < -0.3 is 14.7 Å². The van der Waals surface area contributed by atoms with Crippen LogP contribution < -0.4 is 15.0 Å². The Bertz CT molecular complexity index is 1040. The second-order valence-corrected chi connectivity index (χ2v) is 7.02. The molecule has 0 saturated carbocycles. The summed E-state index contributed by atoms with van der Waals surface area (Å²) in [7, 11) is 0. The highest BCUT2D eigenvalue weighted by Gasteiger charge is 2.36. The number of amides is 2. The van der Waals surface area contributed by atoms with Gasteiger partial charge in [-0.2, -0.15) is 0 Å². The zero-order valence-corrected chi connectivity index (χ0v) is 16.2. The molecular formula is C21H20N4O5. The Morgan fingerprint density at radius 2 is 2.03 bits per heavy atom. The number of fused-ring (bicyclic) bond motifs is 2. The molecule has 0 aromatic heterocycles. The van der Waals surface area contributed by atoms with Crippen molar-refractivity contribution >= 4 is 35.1 Å². The van der Waals surface area contributed by atoms with E-state index in [1.807, 2.05) is 11.8 Å². The zero-order valence-electron chi connectivity index (χ0n) is 16.2. The summed E-state index contributed by atoms with van der Waals surface area (Å²) < 4.78 is 5.64. The van der Waals surface area contributed by atoms with Crippen molar-refractivity contribution < 1.29 is 24.2 Å². The fourth-order valence-corrected chi connectivity index (χ4v) is 3.39. The monoisotopic (exact) mass is 408 g/mol. The maximum Gasteiger partial charge on any atom is 0.323 e. The molecule has 1 unspecified atom stereocenters. The lowest BCUT2D eigenvalue weighted by atomic mass is 10.1. The molecule has 0 spiro atoms. The van der Waals surface area contributed by atoms with E-state index in [-0.39, 0.29) is 18.6 Å². The number of benzene rings is 2. The lowest BCUT2D eigenvalue weighted by Crippen LogP contribution is -2.38. The number of nitrogens with one attached hydrogen (secondary N) is 1. The summed E-state index contributed by atoms with van der Waals surface area (Å²) in [6.45, 7) is 1.54. The number of carboxylic acids is 1. The third-order valence-electron chi connectivity index (χ3n) is 5.00. The molecule has 2 N–H and O–H groups in total. The van der Waals surface area contributed by atoms with Gasteiger partial charge in [-0.25, -0.2) is 4.99 Å². The van der Waals surface area contributed by atoms with E-state index in [1.165, 1.54) is 4.90 Å². The van der Waals surface area contributed by atoms with E-state index in [9.17, 15) is 14.4 Å². The summed E-state index contributed by atoms with van der Waals surface area (Å²) in [6.07, 6.45) is 0. The van der Waals surface area contributed by atoms with Gasteiger partial charge in [0.05, 0.1) is 5.69 Å². The number of carboxylic acid groups (broad SMARTS) is 1. The molecule has 2 aromatic carbocycles. The molecule has 2 aliphatic rings. The van der Waals surface area contributed by atoms with Gasteiger partial charge in [-0.15, -0.1) is 0 Å². The molecule has 2 aliphatic heterocycles. The largest absolute Gasteiger partial charge is 0.484 e. The van der Waals surface area contributed by atoms with Crippen molar-refractivity contribution in [2.24, 2.45) is 4.99 Å². The average Bonchev–Trinajstić information content (AvgIpc) is 3.02. The molecule has 30 heavy (non-hydrogen) atoms. The lowest BCUT2D eigenvalue weighted by molar-refractivity contribution is -0.136. The van der Waals surface area contributed by atoms with E-state index in [0.29, 0.717) is 23.9 Å². The van der Waals surface area contributed by atoms with Crippen LogP contribution in [0.2, 0.25) is 0 Å². The maximum absolute atomic E-state index is 12.6. The van der Waals surface area contributed by atoms with E-state index in [1.54, 1.807) is 48.5 Å². The van der Waals surface area contributed by atoms with Gasteiger partial charge in [-0.3, -0.25) is 24.6 Å². The number of aliphatic carboxylic acids is 1. The molecule has 2 heterocycles. The number of para-hydroxylation sites is 1. The van der Waals surface area contributed by atoms with Crippen LogP contribution in [0.4, 0.5) is 11.4 Å². The highest BCUT2D eigenvalue weighted by Crippen LogP contribution is 2.31. The molecule has 1 atom stereocenters. The van der Waals surface area contributed by atoms with Gasteiger partial charge in [0.25, 0.3) is 5.91 Å². The molecule has 154 valence electrons. The number of ether oxygens (including phenoxy) is 1. The second kappa shape index (κ2) is 7.86. The van der Waals surface area contributed by atoms with Crippen LogP contribution in [-0.4, -0.2) is 52.9 Å². The van der Waals surface area contributed by atoms with Crippen molar-refractivity contribution in [2.75, 3.05) is 18.1 Å². The first-order valence-corrected chi connectivity index (χ1v) is 9.41. The second-order valence-electron chi connectivity index (χ2n) is 7.02. The van der Waals surface area contributed by atoms with Crippen LogP contribution in [0, 0.1) is 0 Å². The average molecular weight is 408 g/mol. The van der Waals surface area contributed by atoms with Gasteiger partial charge in [0.15, 0.2) is 6.61 Å². The van der Waals surface area contributed by atoms with Crippen molar-refractivity contribution in [1.29, 1.82) is 0 Å². The molecule has 2 aromatic rings. The van der Waals surface area contributed by atoms with E-state index < -0.39 is 18.4 Å². The standard InChI is InChI=1S/C21H20N4O5/c1-13-20(29)23-21-22-17-8-7-16(9-14(17)10-24(13)21)30-12-18(26)25(11-19(27)28)15-5-3-2-4-6-15/h2-9,13H,10-12H2,1H3,(H,27,28)(H,22,23,29). The van der Waals surface area contributed by atoms with E-state index >= 15 is 0 Å². The van der Waals surface area contributed by atoms with Gasteiger partial charge in [0, 0.05) is 17.8 Å². The predicted molar refractivity (Wildman–Crippen MR) is 109 cm³/mol. The number of hydrogen-bond donors (Lipinski definition) is 2. The third kappa shape index (κ3) is 3.82. The van der Waals surface area contributed by atoms with Gasteiger partial charge in [0.2, 0.25) is 11.9 Å². The van der Waals surface area contributed by atoms with Gasteiger partial charge >= 0.3 is 5.97 Å². The minimum Gasteiger partial charge on any atom is -0.484 e. The SMILES string of the molecule is CC1C(=O)NC2=Nc3ccc(OCC(=O)N(CC(=O)O)c4ccccc4)cc3CN21. The summed E-state index contributed by atoms with van der Waals surface area (Å²) in [5, 5.41) is 11.9. The number of carbonyl (C=O) groups excluding carboxylic acids is 2. The fraction of sp³-hybridized carbons (Fsp3) is 0.238. The topological polar surface area (TPSA) is 112 Å². The van der Waals surface area contributed by atoms with Crippen LogP contribution in [0.3, 0.4) is 0 Å². The Labute approximate surface area is 172 Å². The fourth-order valence-electron chi connectivity index (χ4n) is 3.39. The molecular weight excluding hydrogens is 388 g/mol. The first kappa shape index (κ1) is 19.4. The normalized spacial score (nSPS) is 16.8. The van der Waals surface area contributed by atoms with Crippen LogP contribution in [0.15, 0.2) is 53.5 Å². The summed E-state index contributed by atoms with van der Waals surface area (Å²) in [5.41, 5.74) is 2.09. The van der Waals surface area contributed by atoms with Gasteiger partial charge in [-0.1, -0.05) is 18.2 Å². The Kier molecular flexibility index (Phi) is 5.09. The molecule has 0 aliphatic carbocycles. The Balaban J connectivity index is 1.46. The van der Waals surface area contributed by atoms with Crippen molar-refractivity contribution in [3.05, 3.63) is 54.1 Å². The molecule has 2 amide bonds. The van der Waals surface area contributed by atoms with Crippen molar-refractivity contribution in [3.8, 4) is 5.75 Å². The molecule has 9 heteroatoms. The Morgan fingerprint density at radius 1 is 1.27 bits per heavy atom. The van der Waals surface area contributed by atoms with Gasteiger partial charge in [-0.05, 0) is 37.3 Å².